The number of nitrogens with zero attached hydrogens (tertiary/aromatic N) is 3. The van der Waals surface area contributed by atoms with Gasteiger partial charge >= 0.3 is 6.09 Å². The molecule has 122 valence electrons. The van der Waals surface area contributed by atoms with Gasteiger partial charge in [-0.15, -0.1) is 11.3 Å². The highest BCUT2D eigenvalue weighted by Gasteiger charge is 2.13. The van der Waals surface area contributed by atoms with Crippen molar-refractivity contribution in [3.05, 3.63) is 53.6 Å². The number of hydrogen-bond donors (Lipinski definition) is 2. The lowest BCUT2D eigenvalue weighted by molar-refractivity contribution is 0.213. The summed E-state index contributed by atoms with van der Waals surface area (Å²) in [4.78, 5) is 24.1. The van der Waals surface area contributed by atoms with Crippen molar-refractivity contribution < 1.29 is 13.9 Å². The Morgan fingerprint density at radius 1 is 1.29 bits per heavy atom. The van der Waals surface area contributed by atoms with Crippen LogP contribution in [0.2, 0.25) is 0 Å². The molecule has 3 rings (SSSR count). The minimum absolute atomic E-state index is 0.0347. The van der Waals surface area contributed by atoms with Crippen LogP contribution in [0.5, 0.6) is 5.88 Å². The number of halogens is 1. The van der Waals surface area contributed by atoms with Crippen molar-refractivity contribution in [1.82, 2.24) is 15.0 Å². The maximum absolute atomic E-state index is 13.2. The van der Waals surface area contributed by atoms with E-state index >= 15 is 0 Å². The fourth-order valence-electron chi connectivity index (χ4n) is 1.80. The van der Waals surface area contributed by atoms with E-state index in [-0.39, 0.29) is 11.7 Å². The van der Waals surface area contributed by atoms with E-state index in [0.717, 1.165) is 5.69 Å². The fraction of sp³-hybridized carbons (Fsp3) is 0.0667. The van der Waals surface area contributed by atoms with Gasteiger partial charge in [-0.3, -0.25) is 5.32 Å². The number of hydrogen-bond acceptors (Lipinski definition) is 7. The molecule has 0 aliphatic rings. The van der Waals surface area contributed by atoms with Crippen LogP contribution in [-0.2, 0) is 0 Å². The molecule has 0 atom stereocenters. The molecule has 0 aliphatic carbocycles. The first-order valence-corrected chi connectivity index (χ1v) is 7.73. The quantitative estimate of drug-likeness (QED) is 0.749. The molecule has 0 radical (unpaired) electrons. The highest BCUT2D eigenvalue weighted by Crippen LogP contribution is 2.23. The van der Waals surface area contributed by atoms with Gasteiger partial charge < -0.3 is 10.1 Å². The summed E-state index contributed by atoms with van der Waals surface area (Å²) in [5.41, 5.74) is 1.25. The van der Waals surface area contributed by atoms with Gasteiger partial charge in [0.25, 0.3) is 5.88 Å². The van der Waals surface area contributed by atoms with Gasteiger partial charge in [-0.2, -0.15) is 0 Å². The summed E-state index contributed by atoms with van der Waals surface area (Å²) < 4.78 is 18.4. The average molecular weight is 345 g/mol. The molecule has 2 aromatic heterocycles. The van der Waals surface area contributed by atoms with Gasteiger partial charge in [0.1, 0.15) is 5.82 Å². The van der Waals surface area contributed by atoms with E-state index in [1.165, 1.54) is 35.9 Å². The number of carbonyl (C=O) groups excluding carboxylic acids is 1. The summed E-state index contributed by atoms with van der Waals surface area (Å²) in [6.07, 6.45) is 2.07. The second kappa shape index (κ2) is 7.01. The number of thiazole rings is 1. The molecule has 0 saturated carbocycles. The Labute approximate surface area is 140 Å². The number of aromatic nitrogens is 3. The van der Waals surface area contributed by atoms with Gasteiger partial charge in [0.05, 0.1) is 5.69 Å². The molecule has 24 heavy (non-hydrogen) atoms. The lowest BCUT2D eigenvalue weighted by atomic mass is 10.3. The maximum atomic E-state index is 13.2. The Bertz CT molecular complexity index is 870. The highest BCUT2D eigenvalue weighted by atomic mass is 32.1. The normalized spacial score (nSPS) is 10.2. The Hall–Kier alpha value is -3.07. The number of rotatable bonds is 4. The standard InChI is InChI=1S/C15H12FN5O2S/c1-9-8-24-14(19-9)21-15(22)23-13-12(17-5-6-18-13)20-11-4-2-3-10(16)7-11/h2-8H,1H3,(H,17,20)(H,19,21,22). The number of carbonyl (C=O) groups is 1. The second-order valence-corrected chi connectivity index (χ2v) is 5.51. The van der Waals surface area contributed by atoms with Crippen molar-refractivity contribution in [1.29, 1.82) is 0 Å². The van der Waals surface area contributed by atoms with Gasteiger partial charge in [0, 0.05) is 23.5 Å². The molecule has 2 N–H and O–H groups in total. The summed E-state index contributed by atoms with van der Waals surface area (Å²) >= 11 is 1.28. The largest absolute Gasteiger partial charge is 0.420 e. The topological polar surface area (TPSA) is 89.0 Å². The third kappa shape index (κ3) is 4.02. The Morgan fingerprint density at radius 2 is 2.12 bits per heavy atom. The molecule has 2 heterocycles. The molecule has 0 spiro atoms. The van der Waals surface area contributed by atoms with E-state index in [2.05, 4.69) is 25.6 Å². The van der Waals surface area contributed by atoms with Gasteiger partial charge in [0.2, 0.25) is 0 Å². The number of anilines is 3. The van der Waals surface area contributed by atoms with Crippen LogP contribution in [0, 0.1) is 12.7 Å². The summed E-state index contributed by atoms with van der Waals surface area (Å²) in [6, 6.07) is 5.81. The minimum atomic E-state index is -0.743. The van der Waals surface area contributed by atoms with E-state index in [1.807, 2.05) is 6.92 Å². The Kier molecular flexibility index (Phi) is 4.62. The molecule has 1 amide bonds. The third-order valence-electron chi connectivity index (χ3n) is 2.77. The van der Waals surface area contributed by atoms with Crippen LogP contribution in [0.1, 0.15) is 5.69 Å². The molecule has 0 fully saturated rings. The lowest BCUT2D eigenvalue weighted by Crippen LogP contribution is -2.18. The molecular formula is C15H12FN5O2S. The number of aryl methyl sites for hydroxylation is 1. The summed E-state index contributed by atoms with van der Waals surface area (Å²) in [7, 11) is 0. The van der Waals surface area contributed by atoms with Crippen LogP contribution < -0.4 is 15.4 Å². The maximum Gasteiger partial charge on any atom is 0.420 e. The average Bonchev–Trinajstić information content (AvgIpc) is 2.94. The minimum Gasteiger partial charge on any atom is -0.387 e. The smallest absolute Gasteiger partial charge is 0.387 e. The first-order valence-electron chi connectivity index (χ1n) is 6.85. The van der Waals surface area contributed by atoms with Crippen LogP contribution in [0.4, 0.5) is 25.8 Å². The van der Waals surface area contributed by atoms with E-state index in [1.54, 1.807) is 17.5 Å². The molecular weight excluding hydrogens is 333 g/mol. The fourth-order valence-corrected chi connectivity index (χ4v) is 2.47. The predicted octanol–water partition coefficient (Wildman–Crippen LogP) is 3.74. The number of amides is 1. The highest BCUT2D eigenvalue weighted by molar-refractivity contribution is 7.13. The Morgan fingerprint density at radius 3 is 2.88 bits per heavy atom. The Balaban J connectivity index is 1.73. The molecule has 0 bridgehead atoms. The molecule has 3 aromatic rings. The number of benzene rings is 1. The summed E-state index contributed by atoms with van der Waals surface area (Å²) in [5.74, 6) is -0.246. The number of nitrogens with one attached hydrogen (secondary N) is 2. The van der Waals surface area contributed by atoms with Gasteiger partial charge in [-0.05, 0) is 25.1 Å². The predicted molar refractivity (Wildman–Crippen MR) is 88.2 cm³/mol. The zero-order valence-corrected chi connectivity index (χ0v) is 13.3. The first kappa shape index (κ1) is 15.8. The van der Waals surface area contributed by atoms with Gasteiger partial charge in [-0.25, -0.2) is 24.1 Å². The van der Waals surface area contributed by atoms with Gasteiger partial charge in [0.15, 0.2) is 10.9 Å². The van der Waals surface area contributed by atoms with E-state index < -0.39 is 11.9 Å². The van der Waals surface area contributed by atoms with Crippen LogP contribution in [0.15, 0.2) is 42.0 Å². The van der Waals surface area contributed by atoms with Crippen molar-refractivity contribution in [3.63, 3.8) is 0 Å². The molecule has 0 saturated heterocycles. The third-order valence-corrected chi connectivity index (χ3v) is 3.64. The van der Waals surface area contributed by atoms with Gasteiger partial charge in [-0.1, -0.05) is 6.07 Å². The SMILES string of the molecule is Cc1csc(NC(=O)Oc2nccnc2Nc2cccc(F)c2)n1. The van der Waals surface area contributed by atoms with Crippen molar-refractivity contribution in [2.45, 2.75) is 6.92 Å². The first-order chi connectivity index (χ1) is 11.6. The molecule has 0 unspecified atom stereocenters. The van der Waals surface area contributed by atoms with Crippen molar-refractivity contribution >= 4 is 34.1 Å². The van der Waals surface area contributed by atoms with Crippen LogP contribution in [0.25, 0.3) is 0 Å². The van der Waals surface area contributed by atoms with Crippen LogP contribution >= 0.6 is 11.3 Å². The van der Waals surface area contributed by atoms with Crippen LogP contribution in [-0.4, -0.2) is 21.0 Å². The number of ether oxygens (including phenoxy) is 1. The molecule has 1 aromatic carbocycles. The van der Waals surface area contributed by atoms with E-state index in [4.69, 9.17) is 4.74 Å². The zero-order valence-electron chi connectivity index (χ0n) is 12.5. The van der Waals surface area contributed by atoms with Crippen molar-refractivity contribution in [2.75, 3.05) is 10.6 Å². The molecule has 7 nitrogen and oxygen atoms in total. The molecule has 9 heteroatoms. The monoisotopic (exact) mass is 345 g/mol. The van der Waals surface area contributed by atoms with E-state index in [0.29, 0.717) is 10.8 Å². The van der Waals surface area contributed by atoms with Crippen molar-refractivity contribution in [2.24, 2.45) is 0 Å². The second-order valence-electron chi connectivity index (χ2n) is 4.65. The van der Waals surface area contributed by atoms with E-state index in [9.17, 15) is 9.18 Å². The summed E-state index contributed by atoms with van der Waals surface area (Å²) in [6.45, 7) is 1.82. The summed E-state index contributed by atoms with van der Waals surface area (Å²) in [5, 5.41) is 7.58. The molecule has 0 aliphatic heterocycles. The zero-order chi connectivity index (χ0) is 16.9. The van der Waals surface area contributed by atoms with Crippen LogP contribution in [0.3, 0.4) is 0 Å². The lowest BCUT2D eigenvalue weighted by Gasteiger charge is -2.09. The van der Waals surface area contributed by atoms with Crippen molar-refractivity contribution in [3.8, 4) is 5.88 Å².